The maximum absolute atomic E-state index is 13.1. The number of carbonyl (C=O) groups is 2. The van der Waals surface area contributed by atoms with E-state index >= 15 is 0 Å². The number of methoxy groups -OCH3 is 1. The van der Waals surface area contributed by atoms with Gasteiger partial charge in [0.1, 0.15) is 22.9 Å². The van der Waals surface area contributed by atoms with Crippen LogP contribution in [0.3, 0.4) is 0 Å². The molecule has 0 amide bonds. The second kappa shape index (κ2) is 8.42. The Balaban J connectivity index is 2.48. The maximum atomic E-state index is 13.1. The number of nitrogens with zero attached hydrogens (tertiary/aromatic N) is 2. The third-order valence-electron chi connectivity index (χ3n) is 4.35. The predicted molar refractivity (Wildman–Crippen MR) is 109 cm³/mol. The quantitative estimate of drug-likeness (QED) is 0.468. The molecule has 0 saturated heterocycles. The van der Waals surface area contributed by atoms with E-state index in [1.54, 1.807) is 27.8 Å². The fourth-order valence-corrected chi connectivity index (χ4v) is 3.95. The number of esters is 2. The fourth-order valence-electron chi connectivity index (χ4n) is 2.97. The van der Waals surface area contributed by atoms with Crippen molar-refractivity contribution in [3.05, 3.63) is 30.7 Å². The molecule has 1 N–H and O–H groups in total. The largest absolute Gasteiger partial charge is 0.468 e. The molecule has 0 aromatic carbocycles. The summed E-state index contributed by atoms with van der Waals surface area (Å²) in [4.78, 5) is 50.2. The van der Waals surface area contributed by atoms with Crippen LogP contribution >= 0.6 is 28.6 Å². The van der Waals surface area contributed by atoms with Crippen LogP contribution < -0.4 is 16.4 Å². The molecule has 0 fully saturated rings. The lowest BCUT2D eigenvalue weighted by Gasteiger charge is -2.23. The Hall–Kier alpha value is -1.59. The van der Waals surface area contributed by atoms with Crippen LogP contribution in [0, 0.1) is 5.92 Å². The van der Waals surface area contributed by atoms with E-state index in [0.29, 0.717) is 0 Å². The zero-order chi connectivity index (χ0) is 21.4. The Morgan fingerprint density at radius 1 is 1.32 bits per heavy atom. The van der Waals surface area contributed by atoms with E-state index in [1.165, 1.54) is 11.8 Å². The highest BCUT2D eigenvalue weighted by molar-refractivity contribution is 9.10. The summed E-state index contributed by atoms with van der Waals surface area (Å²) in [7, 11) is 2.79. The van der Waals surface area contributed by atoms with Gasteiger partial charge in [0.15, 0.2) is 0 Å². The highest BCUT2D eigenvalue weighted by Crippen LogP contribution is 2.31. The summed E-state index contributed by atoms with van der Waals surface area (Å²) in [6, 6.07) is -0.807. The molecule has 2 rings (SSSR count). The number of likely N-dealkylation sites (N-methyl/N-ethyl adjacent to an activating group) is 1. The van der Waals surface area contributed by atoms with Crippen LogP contribution in [0.4, 0.5) is 0 Å². The molecule has 0 spiro atoms. The molecule has 0 radical (unpaired) electrons. The lowest BCUT2D eigenvalue weighted by molar-refractivity contribution is -0.160. The minimum atomic E-state index is -0.868. The first kappa shape index (κ1) is 22.7. The second-order valence-electron chi connectivity index (χ2n) is 7.45. The SMILES string of the molecule is CN[C@H](Cc1c(Br)c(=O)n2n(c1=O)C(S)C(C(=O)OC(C)(C)C)C2)C(=O)OC. The van der Waals surface area contributed by atoms with E-state index in [9.17, 15) is 19.2 Å². The summed E-state index contributed by atoms with van der Waals surface area (Å²) in [6.45, 7) is 5.18. The van der Waals surface area contributed by atoms with Crippen molar-refractivity contribution in [2.45, 2.75) is 50.8 Å². The number of nitrogens with one attached hydrogen (secondary N) is 1. The van der Waals surface area contributed by atoms with Crippen LogP contribution in [0.1, 0.15) is 31.7 Å². The minimum Gasteiger partial charge on any atom is -0.468 e. The van der Waals surface area contributed by atoms with Crippen molar-refractivity contribution in [3.8, 4) is 0 Å². The molecule has 0 aliphatic carbocycles. The highest BCUT2D eigenvalue weighted by atomic mass is 79.9. The topological polar surface area (TPSA) is 109 Å². The maximum Gasteiger partial charge on any atom is 0.323 e. The molecule has 0 bridgehead atoms. The van der Waals surface area contributed by atoms with Crippen LogP contribution in [0.2, 0.25) is 0 Å². The van der Waals surface area contributed by atoms with Crippen molar-refractivity contribution < 1.29 is 19.1 Å². The van der Waals surface area contributed by atoms with Gasteiger partial charge in [0.25, 0.3) is 11.1 Å². The van der Waals surface area contributed by atoms with Gasteiger partial charge < -0.3 is 14.8 Å². The number of halogens is 1. The predicted octanol–water partition coefficient (Wildman–Crippen LogP) is 0.476. The van der Waals surface area contributed by atoms with Crippen LogP contribution in [0.5, 0.6) is 0 Å². The number of fused-ring (bicyclic) bond motifs is 1. The van der Waals surface area contributed by atoms with Gasteiger partial charge in [-0.15, -0.1) is 0 Å². The Labute approximate surface area is 175 Å². The number of ether oxygens (including phenoxy) is 2. The van der Waals surface area contributed by atoms with Gasteiger partial charge in [-0.3, -0.25) is 19.2 Å². The highest BCUT2D eigenvalue weighted by Gasteiger charge is 2.40. The molecule has 0 saturated carbocycles. The molecular formula is C17H24BrN3O6S. The molecule has 28 heavy (non-hydrogen) atoms. The summed E-state index contributed by atoms with van der Waals surface area (Å²) in [6.07, 6.45) is -0.0593. The van der Waals surface area contributed by atoms with Crippen molar-refractivity contribution in [2.24, 2.45) is 5.92 Å². The van der Waals surface area contributed by atoms with E-state index < -0.39 is 46.0 Å². The zero-order valence-electron chi connectivity index (χ0n) is 16.3. The van der Waals surface area contributed by atoms with Crippen LogP contribution in [-0.4, -0.2) is 47.1 Å². The number of aromatic nitrogens is 2. The van der Waals surface area contributed by atoms with Crippen LogP contribution in [-0.2, 0) is 32.0 Å². The van der Waals surface area contributed by atoms with E-state index in [4.69, 9.17) is 9.47 Å². The van der Waals surface area contributed by atoms with Gasteiger partial charge in [-0.2, -0.15) is 12.6 Å². The van der Waals surface area contributed by atoms with E-state index in [2.05, 4.69) is 33.9 Å². The average molecular weight is 478 g/mol. The smallest absolute Gasteiger partial charge is 0.323 e. The van der Waals surface area contributed by atoms with Crippen molar-refractivity contribution >= 4 is 40.5 Å². The standard InChI is InChI=1S/C17H24BrN3O6S/c1-17(2,3)27-15(24)9-7-20-13(23)11(18)8(12(22)21(20)14(9)28)6-10(19-4)16(25)26-5/h9-10,14,19,28H,6-7H2,1-5H3/t9?,10-,14?/m1/s1. The normalized spacial score (nSPS) is 19.8. The number of rotatable bonds is 5. The van der Waals surface area contributed by atoms with Crippen molar-refractivity contribution in [3.63, 3.8) is 0 Å². The second-order valence-corrected chi connectivity index (χ2v) is 8.77. The Kier molecular flexibility index (Phi) is 6.82. The summed E-state index contributed by atoms with van der Waals surface area (Å²) in [5.41, 5.74) is -1.60. The Morgan fingerprint density at radius 3 is 2.43 bits per heavy atom. The van der Waals surface area contributed by atoms with E-state index in [-0.39, 0.29) is 23.0 Å². The first-order valence-electron chi connectivity index (χ1n) is 8.63. The number of hydrogen-bond acceptors (Lipinski definition) is 8. The van der Waals surface area contributed by atoms with Crippen LogP contribution in [0.15, 0.2) is 14.1 Å². The van der Waals surface area contributed by atoms with Crippen molar-refractivity contribution in [1.82, 2.24) is 14.7 Å². The lowest BCUT2D eigenvalue weighted by atomic mass is 10.1. The third-order valence-corrected chi connectivity index (χ3v) is 5.74. The summed E-state index contributed by atoms with van der Waals surface area (Å²) >= 11 is 7.58. The third kappa shape index (κ3) is 4.36. The van der Waals surface area contributed by atoms with Gasteiger partial charge in [0.05, 0.1) is 18.1 Å². The molecule has 1 aromatic rings. The summed E-state index contributed by atoms with van der Waals surface area (Å²) in [5, 5.41) is 1.89. The lowest BCUT2D eigenvalue weighted by Crippen LogP contribution is -2.43. The van der Waals surface area contributed by atoms with Gasteiger partial charge >= 0.3 is 11.9 Å². The molecule has 1 aliphatic heterocycles. The molecular weight excluding hydrogens is 454 g/mol. The van der Waals surface area contributed by atoms with Crippen molar-refractivity contribution in [1.29, 1.82) is 0 Å². The monoisotopic (exact) mass is 477 g/mol. The molecule has 1 aromatic heterocycles. The molecule has 3 atom stereocenters. The Morgan fingerprint density at radius 2 is 1.93 bits per heavy atom. The van der Waals surface area contributed by atoms with Gasteiger partial charge in [-0.1, -0.05) is 0 Å². The van der Waals surface area contributed by atoms with E-state index in [0.717, 1.165) is 4.68 Å². The molecule has 11 heteroatoms. The molecule has 156 valence electrons. The van der Waals surface area contributed by atoms with Gasteiger partial charge in [0.2, 0.25) is 0 Å². The Bertz CT molecular complexity index is 904. The molecule has 2 unspecified atom stereocenters. The average Bonchev–Trinajstić information content (AvgIpc) is 2.96. The molecule has 1 aliphatic rings. The van der Waals surface area contributed by atoms with Gasteiger partial charge in [0, 0.05) is 12.0 Å². The van der Waals surface area contributed by atoms with Gasteiger partial charge in [-0.25, -0.2) is 9.36 Å². The molecule has 2 heterocycles. The summed E-state index contributed by atoms with van der Waals surface area (Å²) in [5.74, 6) is -1.90. The minimum absolute atomic E-state index is 0.0253. The summed E-state index contributed by atoms with van der Waals surface area (Å²) < 4.78 is 12.5. The number of carbonyl (C=O) groups excluding carboxylic acids is 2. The molecule has 9 nitrogen and oxygen atoms in total. The van der Waals surface area contributed by atoms with Crippen LogP contribution in [0.25, 0.3) is 0 Å². The first-order chi connectivity index (χ1) is 12.9. The number of thiol groups is 1. The van der Waals surface area contributed by atoms with E-state index in [1.807, 2.05) is 0 Å². The first-order valence-corrected chi connectivity index (χ1v) is 9.93. The fraction of sp³-hybridized carbons (Fsp3) is 0.647. The zero-order valence-corrected chi connectivity index (χ0v) is 18.8. The van der Waals surface area contributed by atoms with Gasteiger partial charge in [-0.05, 0) is 43.7 Å². The van der Waals surface area contributed by atoms with Crippen molar-refractivity contribution in [2.75, 3.05) is 14.2 Å². The number of hydrogen-bond donors (Lipinski definition) is 2.